The first-order valence-electron chi connectivity index (χ1n) is 7.87. The summed E-state index contributed by atoms with van der Waals surface area (Å²) in [7, 11) is 0. The van der Waals surface area contributed by atoms with E-state index in [1.165, 1.54) is 12.1 Å². The molecule has 1 atom stereocenters. The predicted molar refractivity (Wildman–Crippen MR) is 94.4 cm³/mol. The Labute approximate surface area is 154 Å². The van der Waals surface area contributed by atoms with Gasteiger partial charge in [-0.3, -0.25) is 4.79 Å². The largest absolute Gasteiger partial charge is 0.573 e. The topological polar surface area (TPSA) is 64.3 Å². The molecular formula is C18H18ClF3N2O2. The number of fused-ring (bicyclic) bond motifs is 1. The lowest BCUT2D eigenvalue weighted by atomic mass is 9.87. The second kappa shape index (κ2) is 7.86. The number of benzene rings is 2. The Morgan fingerprint density at radius 3 is 2.50 bits per heavy atom. The fourth-order valence-corrected chi connectivity index (χ4v) is 3.03. The molecule has 1 aliphatic carbocycles. The van der Waals surface area contributed by atoms with E-state index in [0.717, 1.165) is 42.5 Å². The Morgan fingerprint density at radius 1 is 1.15 bits per heavy atom. The molecule has 3 N–H and O–H groups in total. The second-order valence-corrected chi connectivity index (χ2v) is 5.95. The molecule has 0 bridgehead atoms. The van der Waals surface area contributed by atoms with Crippen molar-refractivity contribution < 1.29 is 22.7 Å². The number of carbonyl (C=O) groups excluding carboxylic acids is 1. The van der Waals surface area contributed by atoms with Crippen LogP contribution in [0.2, 0.25) is 0 Å². The minimum absolute atomic E-state index is 0. The van der Waals surface area contributed by atoms with Gasteiger partial charge in [0.05, 0.1) is 6.04 Å². The SMILES string of the molecule is Cl.Nc1ccc2c(c1)CCCC2NC(=O)c1ccc(OC(F)(F)F)cc1. The van der Waals surface area contributed by atoms with Crippen molar-refractivity contribution in [1.82, 2.24) is 5.32 Å². The Morgan fingerprint density at radius 2 is 1.85 bits per heavy atom. The van der Waals surface area contributed by atoms with E-state index in [-0.39, 0.29) is 35.7 Å². The summed E-state index contributed by atoms with van der Waals surface area (Å²) < 4.78 is 40.3. The molecule has 0 heterocycles. The number of hydrogen-bond acceptors (Lipinski definition) is 3. The smallest absolute Gasteiger partial charge is 0.406 e. The van der Waals surface area contributed by atoms with Gasteiger partial charge in [0.15, 0.2) is 0 Å². The molecule has 3 rings (SSSR count). The molecule has 0 aliphatic heterocycles. The molecule has 0 spiro atoms. The molecule has 26 heavy (non-hydrogen) atoms. The van der Waals surface area contributed by atoms with Gasteiger partial charge in [-0.15, -0.1) is 25.6 Å². The summed E-state index contributed by atoms with van der Waals surface area (Å²) in [5.41, 5.74) is 8.91. The molecule has 1 amide bonds. The highest BCUT2D eigenvalue weighted by Crippen LogP contribution is 2.31. The average Bonchev–Trinajstić information content (AvgIpc) is 2.54. The van der Waals surface area contributed by atoms with Crippen LogP contribution in [0, 0.1) is 0 Å². The molecule has 0 aromatic heterocycles. The van der Waals surface area contributed by atoms with Crippen LogP contribution in [0.1, 0.15) is 40.4 Å². The van der Waals surface area contributed by atoms with Crippen molar-refractivity contribution in [2.75, 3.05) is 5.73 Å². The maximum atomic E-state index is 12.4. The lowest BCUT2D eigenvalue weighted by Crippen LogP contribution is -2.31. The van der Waals surface area contributed by atoms with Crippen LogP contribution in [0.15, 0.2) is 42.5 Å². The number of nitrogen functional groups attached to an aromatic ring is 1. The maximum absolute atomic E-state index is 12.4. The van der Waals surface area contributed by atoms with E-state index in [9.17, 15) is 18.0 Å². The minimum atomic E-state index is -4.75. The summed E-state index contributed by atoms with van der Waals surface area (Å²) in [6, 6.07) is 10.4. The van der Waals surface area contributed by atoms with Crippen LogP contribution < -0.4 is 15.8 Å². The fourth-order valence-electron chi connectivity index (χ4n) is 3.03. The lowest BCUT2D eigenvalue weighted by molar-refractivity contribution is -0.274. The molecule has 0 saturated heterocycles. The quantitative estimate of drug-likeness (QED) is 0.768. The standard InChI is InChI=1S/C18H17F3N2O2.ClH/c19-18(20,21)25-14-7-4-11(5-8-14)17(24)23-16-3-1-2-12-10-13(22)6-9-15(12)16;/h4-10,16H,1-3,22H2,(H,23,24);1H. The van der Waals surface area contributed by atoms with Crippen LogP contribution in [-0.4, -0.2) is 12.3 Å². The molecule has 1 aliphatic rings. The number of rotatable bonds is 3. The first-order valence-corrected chi connectivity index (χ1v) is 7.87. The normalized spacial score (nSPS) is 16.2. The Balaban J connectivity index is 0.00000243. The maximum Gasteiger partial charge on any atom is 0.573 e. The number of alkyl halides is 3. The third-order valence-corrected chi connectivity index (χ3v) is 4.14. The van der Waals surface area contributed by atoms with Gasteiger partial charge in [0.25, 0.3) is 5.91 Å². The number of halogens is 4. The molecule has 4 nitrogen and oxygen atoms in total. The Kier molecular flexibility index (Phi) is 6.02. The zero-order valence-corrected chi connectivity index (χ0v) is 14.5. The Bertz CT molecular complexity index is 779. The monoisotopic (exact) mass is 386 g/mol. The van der Waals surface area contributed by atoms with Crippen LogP contribution in [0.25, 0.3) is 0 Å². The average molecular weight is 387 g/mol. The first-order chi connectivity index (χ1) is 11.8. The van der Waals surface area contributed by atoms with Crippen LogP contribution in [0.5, 0.6) is 5.75 Å². The lowest BCUT2D eigenvalue weighted by Gasteiger charge is -2.26. The van der Waals surface area contributed by atoms with E-state index in [0.29, 0.717) is 5.69 Å². The number of amides is 1. The van der Waals surface area contributed by atoms with Crippen LogP contribution in [0.4, 0.5) is 18.9 Å². The van der Waals surface area contributed by atoms with Gasteiger partial charge >= 0.3 is 6.36 Å². The minimum Gasteiger partial charge on any atom is -0.406 e. The molecular weight excluding hydrogens is 369 g/mol. The van der Waals surface area contributed by atoms with E-state index in [4.69, 9.17) is 5.73 Å². The zero-order chi connectivity index (χ0) is 18.0. The van der Waals surface area contributed by atoms with Crippen molar-refractivity contribution in [1.29, 1.82) is 0 Å². The highest BCUT2D eigenvalue weighted by atomic mass is 35.5. The summed E-state index contributed by atoms with van der Waals surface area (Å²) in [6.45, 7) is 0. The second-order valence-electron chi connectivity index (χ2n) is 5.95. The van der Waals surface area contributed by atoms with Crippen molar-refractivity contribution in [2.45, 2.75) is 31.7 Å². The summed E-state index contributed by atoms with van der Waals surface area (Å²) >= 11 is 0. The number of nitrogens with one attached hydrogen (secondary N) is 1. The summed E-state index contributed by atoms with van der Waals surface area (Å²) in [6.07, 6.45) is -2.11. The fraction of sp³-hybridized carbons (Fsp3) is 0.278. The number of nitrogens with two attached hydrogens (primary N) is 1. The van der Waals surface area contributed by atoms with Crippen molar-refractivity contribution >= 4 is 24.0 Å². The Hall–Kier alpha value is -2.41. The molecule has 0 fully saturated rings. The highest BCUT2D eigenvalue weighted by molar-refractivity contribution is 5.94. The molecule has 1 unspecified atom stereocenters. The molecule has 140 valence electrons. The van der Waals surface area contributed by atoms with Crippen molar-refractivity contribution in [3.63, 3.8) is 0 Å². The summed E-state index contributed by atoms with van der Waals surface area (Å²) in [4.78, 5) is 12.4. The van der Waals surface area contributed by atoms with Gasteiger partial charge < -0.3 is 15.8 Å². The third kappa shape index (κ3) is 4.82. The van der Waals surface area contributed by atoms with Gasteiger partial charge in [0.1, 0.15) is 5.75 Å². The molecule has 2 aromatic rings. The number of hydrogen-bond donors (Lipinski definition) is 2. The molecule has 8 heteroatoms. The van der Waals surface area contributed by atoms with E-state index in [1.54, 1.807) is 6.07 Å². The van der Waals surface area contributed by atoms with Crippen LogP contribution in [-0.2, 0) is 6.42 Å². The van der Waals surface area contributed by atoms with Gasteiger partial charge in [0.2, 0.25) is 0 Å². The molecule has 0 radical (unpaired) electrons. The van der Waals surface area contributed by atoms with Crippen molar-refractivity contribution in [3.05, 3.63) is 59.2 Å². The van der Waals surface area contributed by atoms with Crippen molar-refractivity contribution in [2.24, 2.45) is 0 Å². The predicted octanol–water partition coefficient (Wildman–Crippen LogP) is 4.40. The number of aryl methyl sites for hydroxylation is 1. The van der Waals surface area contributed by atoms with Gasteiger partial charge in [-0.05, 0) is 66.8 Å². The number of carbonyl (C=O) groups is 1. The van der Waals surface area contributed by atoms with Crippen LogP contribution in [0.3, 0.4) is 0 Å². The van der Waals surface area contributed by atoms with E-state index < -0.39 is 6.36 Å². The number of anilines is 1. The van der Waals surface area contributed by atoms with E-state index in [1.807, 2.05) is 12.1 Å². The third-order valence-electron chi connectivity index (χ3n) is 4.14. The summed E-state index contributed by atoms with van der Waals surface area (Å²) in [5.74, 6) is -0.698. The van der Waals surface area contributed by atoms with Crippen LogP contribution >= 0.6 is 12.4 Å². The summed E-state index contributed by atoms with van der Waals surface area (Å²) in [5, 5.41) is 2.94. The van der Waals surface area contributed by atoms with Gasteiger partial charge in [-0.1, -0.05) is 6.07 Å². The first kappa shape index (κ1) is 19.9. The van der Waals surface area contributed by atoms with Gasteiger partial charge in [-0.25, -0.2) is 0 Å². The zero-order valence-electron chi connectivity index (χ0n) is 13.7. The number of ether oxygens (including phenoxy) is 1. The van der Waals surface area contributed by atoms with Crippen molar-refractivity contribution in [3.8, 4) is 5.75 Å². The highest BCUT2D eigenvalue weighted by Gasteiger charge is 2.31. The van der Waals surface area contributed by atoms with E-state index >= 15 is 0 Å². The molecule has 2 aromatic carbocycles. The van der Waals surface area contributed by atoms with Gasteiger partial charge in [0, 0.05) is 11.3 Å². The van der Waals surface area contributed by atoms with Gasteiger partial charge in [-0.2, -0.15) is 0 Å². The molecule has 0 saturated carbocycles. The van der Waals surface area contributed by atoms with E-state index in [2.05, 4.69) is 10.1 Å².